The summed E-state index contributed by atoms with van der Waals surface area (Å²) in [5, 5.41) is 27.7. The lowest BCUT2D eigenvalue weighted by atomic mass is 10.0. The Labute approximate surface area is 210 Å². The fourth-order valence-corrected chi connectivity index (χ4v) is 4.89. The van der Waals surface area contributed by atoms with Crippen LogP contribution < -0.4 is 21.4 Å². The molecule has 4 aliphatic rings. The zero-order valence-corrected chi connectivity index (χ0v) is 20.4. The van der Waals surface area contributed by atoms with Gasteiger partial charge in [0.25, 0.3) is 5.91 Å². The standard InChI is InChI=1S/C25H33N9O2/c1-32-21(24-28-19-4-2-3-5-20(19)29-24)16-23(31-32)30-25(35)18(26)6-7-22(27)34-10-8-17(9-11-34)33-12-14-36-15-13-33/h2-7,16-17,26-29,31H,8-15H2,1H3,(H,30,35)/b7-6-,26-18?,27-22?. The van der Waals surface area contributed by atoms with Crippen molar-refractivity contribution in [1.29, 1.82) is 10.8 Å². The number of amides is 1. The van der Waals surface area contributed by atoms with Crippen molar-refractivity contribution in [2.75, 3.05) is 57.1 Å². The summed E-state index contributed by atoms with van der Waals surface area (Å²) in [5.74, 6) is 1.06. The molecule has 0 saturated carbocycles. The first-order valence-corrected chi connectivity index (χ1v) is 12.3. The van der Waals surface area contributed by atoms with E-state index in [1.165, 1.54) is 12.2 Å². The minimum absolute atomic E-state index is 0.209. The number of carbonyl (C=O) groups is 1. The molecule has 0 unspecified atom stereocenters. The lowest BCUT2D eigenvalue weighted by Crippen LogP contribution is -2.49. The SMILES string of the molecule is CN1NC(NC(=O)C(=N)/C=C\C(=N)N2CCC(N3CCOCC3)CC2)=CC1=C1Nc2ccccc2N1. The molecule has 2 saturated heterocycles. The molecule has 190 valence electrons. The molecule has 0 bridgehead atoms. The van der Waals surface area contributed by atoms with Crippen LogP contribution in [-0.4, -0.2) is 84.7 Å². The van der Waals surface area contributed by atoms with E-state index < -0.39 is 5.91 Å². The Morgan fingerprint density at radius 3 is 2.39 bits per heavy atom. The maximum atomic E-state index is 12.6. The Bertz CT molecular complexity index is 1100. The average molecular weight is 492 g/mol. The summed E-state index contributed by atoms with van der Waals surface area (Å²) < 4.78 is 5.45. The van der Waals surface area contributed by atoms with Crippen LogP contribution in [0.3, 0.4) is 0 Å². The van der Waals surface area contributed by atoms with Crippen LogP contribution in [0.2, 0.25) is 0 Å². The molecule has 0 spiro atoms. The van der Waals surface area contributed by atoms with Crippen LogP contribution >= 0.6 is 0 Å². The molecule has 11 nitrogen and oxygen atoms in total. The van der Waals surface area contributed by atoms with Gasteiger partial charge < -0.3 is 25.6 Å². The highest BCUT2D eigenvalue weighted by molar-refractivity contribution is 6.42. The molecule has 1 amide bonds. The fourth-order valence-electron chi connectivity index (χ4n) is 4.89. The Morgan fingerprint density at radius 2 is 1.72 bits per heavy atom. The Morgan fingerprint density at radius 1 is 1.06 bits per heavy atom. The van der Waals surface area contributed by atoms with Gasteiger partial charge in [0, 0.05) is 45.3 Å². The molecule has 4 aliphatic heterocycles. The third-order valence-electron chi connectivity index (χ3n) is 6.90. The van der Waals surface area contributed by atoms with E-state index >= 15 is 0 Å². The molecule has 0 aromatic heterocycles. The topological polar surface area (TPSA) is 132 Å². The van der Waals surface area contributed by atoms with Crippen LogP contribution in [0.1, 0.15) is 12.8 Å². The zero-order chi connectivity index (χ0) is 25.1. The predicted molar refractivity (Wildman–Crippen MR) is 139 cm³/mol. The summed E-state index contributed by atoms with van der Waals surface area (Å²) in [7, 11) is 1.85. The van der Waals surface area contributed by atoms with Crippen molar-refractivity contribution in [3.63, 3.8) is 0 Å². The van der Waals surface area contributed by atoms with Crippen molar-refractivity contribution < 1.29 is 9.53 Å². The average Bonchev–Trinajstić information content (AvgIpc) is 3.50. The van der Waals surface area contributed by atoms with Gasteiger partial charge in [0.05, 0.1) is 24.6 Å². The van der Waals surface area contributed by atoms with Gasteiger partial charge in [0.15, 0.2) is 0 Å². The maximum absolute atomic E-state index is 12.6. The smallest absolute Gasteiger partial charge is 0.274 e. The number of carbonyl (C=O) groups excluding carboxylic acids is 1. The Balaban J connectivity index is 1.12. The molecule has 0 aliphatic carbocycles. The lowest BCUT2D eigenvalue weighted by molar-refractivity contribution is -0.114. The van der Waals surface area contributed by atoms with Crippen molar-refractivity contribution in [3.05, 3.63) is 59.8 Å². The number of morpholine rings is 1. The van der Waals surface area contributed by atoms with Gasteiger partial charge >= 0.3 is 0 Å². The number of anilines is 2. The molecule has 5 rings (SSSR count). The Kier molecular flexibility index (Phi) is 6.92. The number of hydrazine groups is 1. The first kappa shape index (κ1) is 23.9. The molecule has 0 radical (unpaired) electrons. The fraction of sp³-hybridized carbons (Fsp3) is 0.400. The van der Waals surface area contributed by atoms with E-state index in [1.807, 2.05) is 36.2 Å². The molecule has 11 heteroatoms. The van der Waals surface area contributed by atoms with Crippen LogP contribution in [0.4, 0.5) is 11.4 Å². The Hall–Kier alpha value is -3.83. The quantitative estimate of drug-likeness (QED) is 0.270. The van der Waals surface area contributed by atoms with E-state index in [-0.39, 0.29) is 5.71 Å². The van der Waals surface area contributed by atoms with Crippen LogP contribution in [-0.2, 0) is 9.53 Å². The second-order valence-electron chi connectivity index (χ2n) is 9.24. The number of benzene rings is 1. The van der Waals surface area contributed by atoms with E-state index in [4.69, 9.17) is 15.6 Å². The zero-order valence-electron chi connectivity index (χ0n) is 20.4. The number of nitrogens with one attached hydrogen (secondary N) is 6. The van der Waals surface area contributed by atoms with E-state index in [2.05, 4.69) is 26.3 Å². The monoisotopic (exact) mass is 491 g/mol. The number of para-hydroxylation sites is 2. The number of fused-ring (bicyclic) bond motifs is 1. The van der Waals surface area contributed by atoms with Crippen LogP contribution in [0.5, 0.6) is 0 Å². The minimum atomic E-state index is -0.542. The lowest BCUT2D eigenvalue weighted by Gasteiger charge is -2.40. The number of likely N-dealkylation sites (tertiary alicyclic amines) is 1. The molecular formula is C25H33N9O2. The van der Waals surface area contributed by atoms with Crippen molar-refractivity contribution in [2.24, 2.45) is 0 Å². The van der Waals surface area contributed by atoms with E-state index in [0.29, 0.717) is 17.7 Å². The minimum Gasteiger partial charge on any atom is -0.379 e. The predicted octanol–water partition coefficient (Wildman–Crippen LogP) is 1.45. The normalized spacial score (nSPS) is 20.5. The molecule has 4 heterocycles. The van der Waals surface area contributed by atoms with Crippen molar-refractivity contribution in [3.8, 4) is 0 Å². The van der Waals surface area contributed by atoms with E-state index in [0.717, 1.165) is 75.1 Å². The van der Waals surface area contributed by atoms with Gasteiger partial charge in [-0.25, -0.2) is 0 Å². The number of allylic oxidation sites excluding steroid dienone is 1. The first-order chi connectivity index (χ1) is 17.5. The van der Waals surface area contributed by atoms with Gasteiger partial charge in [-0.15, -0.1) is 0 Å². The second kappa shape index (κ2) is 10.4. The van der Waals surface area contributed by atoms with E-state index in [1.54, 1.807) is 11.1 Å². The summed E-state index contributed by atoms with van der Waals surface area (Å²) in [5.41, 5.74) is 5.67. The number of ether oxygens (including phenoxy) is 1. The summed E-state index contributed by atoms with van der Waals surface area (Å²) >= 11 is 0. The number of piperidine rings is 1. The first-order valence-electron chi connectivity index (χ1n) is 12.3. The van der Waals surface area contributed by atoms with Crippen molar-refractivity contribution in [1.82, 2.24) is 25.6 Å². The number of rotatable bonds is 5. The molecule has 0 atom stereocenters. The number of hydrogen-bond acceptors (Lipinski definition) is 9. The van der Waals surface area contributed by atoms with Gasteiger partial charge in [-0.3, -0.25) is 30.9 Å². The highest BCUT2D eigenvalue weighted by atomic mass is 16.5. The molecular weight excluding hydrogens is 458 g/mol. The number of amidine groups is 1. The summed E-state index contributed by atoms with van der Waals surface area (Å²) in [6.45, 7) is 5.16. The third kappa shape index (κ3) is 5.21. The third-order valence-corrected chi connectivity index (χ3v) is 6.90. The number of nitrogens with zero attached hydrogens (tertiary/aromatic N) is 3. The van der Waals surface area contributed by atoms with Crippen LogP contribution in [0, 0.1) is 10.8 Å². The largest absolute Gasteiger partial charge is 0.379 e. The maximum Gasteiger partial charge on any atom is 0.274 e. The van der Waals surface area contributed by atoms with Crippen LogP contribution in [0.25, 0.3) is 0 Å². The van der Waals surface area contributed by atoms with Crippen molar-refractivity contribution >= 4 is 28.8 Å². The second-order valence-corrected chi connectivity index (χ2v) is 9.24. The number of likely N-dealkylation sites (N-methyl/N-ethyl adjacent to an activating group) is 1. The molecule has 1 aromatic rings. The molecule has 6 N–H and O–H groups in total. The molecule has 2 fully saturated rings. The van der Waals surface area contributed by atoms with Crippen molar-refractivity contribution in [2.45, 2.75) is 18.9 Å². The number of hydrogen-bond donors (Lipinski definition) is 6. The highest BCUT2D eigenvalue weighted by Gasteiger charge is 2.27. The van der Waals surface area contributed by atoms with Gasteiger partial charge in [-0.2, -0.15) is 0 Å². The van der Waals surface area contributed by atoms with Gasteiger partial charge in [-0.1, -0.05) is 12.1 Å². The molecule has 1 aromatic carbocycles. The summed E-state index contributed by atoms with van der Waals surface area (Å²) in [6, 6.07) is 8.45. The molecule has 36 heavy (non-hydrogen) atoms. The summed E-state index contributed by atoms with van der Waals surface area (Å²) in [4.78, 5) is 17.1. The van der Waals surface area contributed by atoms with Crippen LogP contribution in [0.15, 0.2) is 59.8 Å². The van der Waals surface area contributed by atoms with Gasteiger partial charge in [-0.05, 0) is 37.1 Å². The summed E-state index contributed by atoms with van der Waals surface area (Å²) in [6.07, 6.45) is 6.75. The van der Waals surface area contributed by atoms with Gasteiger partial charge in [0.1, 0.15) is 28.9 Å². The van der Waals surface area contributed by atoms with E-state index in [9.17, 15) is 4.79 Å². The highest BCUT2D eigenvalue weighted by Crippen LogP contribution is 2.32. The van der Waals surface area contributed by atoms with Gasteiger partial charge in [0.2, 0.25) is 0 Å².